The second kappa shape index (κ2) is 5.32. The van der Waals surface area contributed by atoms with Crippen LogP contribution in [0.25, 0.3) is 0 Å². The highest BCUT2D eigenvalue weighted by Gasteiger charge is 2.49. The van der Waals surface area contributed by atoms with Crippen LogP contribution >= 0.6 is 0 Å². The highest BCUT2D eigenvalue weighted by atomic mass is 19.1. The molecule has 4 saturated carbocycles. The molecule has 4 fully saturated rings. The van der Waals surface area contributed by atoms with Gasteiger partial charge in [0.1, 0.15) is 5.82 Å². The van der Waals surface area contributed by atoms with Crippen molar-refractivity contribution in [2.24, 2.45) is 23.7 Å². The van der Waals surface area contributed by atoms with Crippen molar-refractivity contribution in [3.63, 3.8) is 0 Å². The minimum Gasteiger partial charge on any atom is -0.352 e. The number of halogens is 1. The van der Waals surface area contributed by atoms with E-state index in [9.17, 15) is 9.18 Å². The first kappa shape index (κ1) is 15.2. The number of benzene rings is 1. The van der Waals surface area contributed by atoms with Gasteiger partial charge in [0.2, 0.25) is 5.91 Å². The van der Waals surface area contributed by atoms with Gasteiger partial charge in [-0.1, -0.05) is 12.1 Å². The molecule has 5 rings (SSSR count). The van der Waals surface area contributed by atoms with Crippen molar-refractivity contribution in [1.82, 2.24) is 5.32 Å². The van der Waals surface area contributed by atoms with Crippen molar-refractivity contribution >= 4 is 5.91 Å². The normalized spacial score (nSPS) is 35.3. The van der Waals surface area contributed by atoms with E-state index >= 15 is 0 Å². The predicted octanol–water partition coefficient (Wildman–Crippen LogP) is 4.04. The lowest BCUT2D eigenvalue weighted by Crippen LogP contribution is -2.58. The van der Waals surface area contributed by atoms with E-state index in [1.165, 1.54) is 44.2 Å². The molecule has 0 aliphatic heterocycles. The summed E-state index contributed by atoms with van der Waals surface area (Å²) < 4.78 is 13.1. The van der Waals surface area contributed by atoms with Gasteiger partial charge in [-0.05, 0) is 87.3 Å². The van der Waals surface area contributed by atoms with Crippen LogP contribution in [0, 0.1) is 29.5 Å². The number of hydrogen-bond donors (Lipinski definition) is 1. The molecule has 0 unspecified atom stereocenters. The lowest BCUT2D eigenvalue weighted by molar-refractivity contribution is -0.129. The topological polar surface area (TPSA) is 29.1 Å². The van der Waals surface area contributed by atoms with Crippen molar-refractivity contribution in [1.29, 1.82) is 0 Å². The van der Waals surface area contributed by atoms with Gasteiger partial charge in [-0.25, -0.2) is 4.39 Å². The fraction of sp³-hybridized carbons (Fsp3) is 0.650. The van der Waals surface area contributed by atoms with Crippen LogP contribution in [0.3, 0.4) is 0 Å². The van der Waals surface area contributed by atoms with Crippen molar-refractivity contribution < 1.29 is 9.18 Å². The summed E-state index contributed by atoms with van der Waals surface area (Å²) in [5, 5.41) is 3.38. The van der Waals surface area contributed by atoms with Gasteiger partial charge in [0.05, 0.1) is 5.41 Å². The van der Waals surface area contributed by atoms with E-state index in [4.69, 9.17) is 0 Å². The molecule has 0 saturated heterocycles. The molecule has 4 aliphatic carbocycles. The monoisotopic (exact) mass is 315 g/mol. The van der Waals surface area contributed by atoms with E-state index in [0.29, 0.717) is 17.9 Å². The Hall–Kier alpha value is -1.38. The zero-order chi connectivity index (χ0) is 16.2. The van der Waals surface area contributed by atoms with E-state index in [2.05, 4.69) is 5.32 Å². The van der Waals surface area contributed by atoms with Crippen LogP contribution in [-0.2, 0) is 10.2 Å². The van der Waals surface area contributed by atoms with Gasteiger partial charge in [0.25, 0.3) is 0 Å². The van der Waals surface area contributed by atoms with E-state index in [1.54, 1.807) is 12.1 Å². The molecule has 4 bridgehead atoms. The Morgan fingerprint density at radius 1 is 1.00 bits per heavy atom. The van der Waals surface area contributed by atoms with Gasteiger partial charge in [0.15, 0.2) is 0 Å². The summed E-state index contributed by atoms with van der Waals surface area (Å²) in [6, 6.07) is 6.69. The molecule has 124 valence electrons. The van der Waals surface area contributed by atoms with Crippen LogP contribution in [0.5, 0.6) is 0 Å². The Balaban J connectivity index is 1.50. The third-order valence-corrected chi connectivity index (χ3v) is 6.66. The molecule has 1 amide bonds. The molecule has 23 heavy (non-hydrogen) atoms. The molecule has 0 aromatic heterocycles. The maximum absolute atomic E-state index is 13.1. The van der Waals surface area contributed by atoms with E-state index in [1.807, 2.05) is 13.8 Å². The Morgan fingerprint density at radius 3 is 2.04 bits per heavy atom. The standard InChI is InChI=1S/C20H26FNO/c1-20(2,16-3-5-17(21)6-4-16)19(23)22-18-14-8-12-7-13(10-14)11-15(18)9-12/h3-6,12-15,18H,7-11H2,1-2H3,(H,22,23). The molecular weight excluding hydrogens is 289 g/mol. The molecule has 0 atom stereocenters. The SMILES string of the molecule is CC(C)(C(=O)NC1C2CC3CC(C2)CC1C3)c1ccc(F)cc1. The summed E-state index contributed by atoms with van der Waals surface area (Å²) >= 11 is 0. The largest absolute Gasteiger partial charge is 0.352 e. The first-order chi connectivity index (χ1) is 10.9. The van der Waals surface area contributed by atoms with Gasteiger partial charge in [-0.15, -0.1) is 0 Å². The summed E-state index contributed by atoms with van der Waals surface area (Å²) in [6.07, 6.45) is 6.63. The lowest BCUT2D eigenvalue weighted by Gasteiger charge is -2.54. The third-order valence-electron chi connectivity index (χ3n) is 6.66. The summed E-state index contributed by atoms with van der Waals surface area (Å²) in [4.78, 5) is 12.9. The van der Waals surface area contributed by atoms with Gasteiger partial charge in [0, 0.05) is 6.04 Å². The molecule has 0 radical (unpaired) electrons. The Kier molecular flexibility index (Phi) is 3.51. The van der Waals surface area contributed by atoms with E-state index < -0.39 is 5.41 Å². The summed E-state index contributed by atoms with van der Waals surface area (Å²) in [6.45, 7) is 3.87. The van der Waals surface area contributed by atoms with Crippen molar-refractivity contribution in [3.8, 4) is 0 Å². The predicted molar refractivity (Wildman–Crippen MR) is 88.4 cm³/mol. The number of rotatable bonds is 3. The number of nitrogens with one attached hydrogen (secondary N) is 1. The number of carbonyl (C=O) groups is 1. The number of hydrogen-bond acceptors (Lipinski definition) is 1. The Morgan fingerprint density at radius 2 is 1.52 bits per heavy atom. The Labute approximate surface area is 137 Å². The fourth-order valence-electron chi connectivity index (χ4n) is 5.49. The Bertz CT molecular complexity index is 579. The first-order valence-corrected chi connectivity index (χ1v) is 9.00. The number of amides is 1. The van der Waals surface area contributed by atoms with Crippen molar-refractivity contribution in [3.05, 3.63) is 35.6 Å². The molecule has 1 aromatic carbocycles. The fourth-order valence-corrected chi connectivity index (χ4v) is 5.49. The quantitative estimate of drug-likeness (QED) is 0.896. The van der Waals surface area contributed by atoms with Gasteiger partial charge < -0.3 is 5.32 Å². The molecule has 0 spiro atoms. The maximum Gasteiger partial charge on any atom is 0.230 e. The summed E-state index contributed by atoms with van der Waals surface area (Å²) in [5.74, 6) is 3.01. The third kappa shape index (κ3) is 2.58. The van der Waals surface area contributed by atoms with Crippen LogP contribution in [0.1, 0.15) is 51.5 Å². The molecule has 4 aliphatic rings. The smallest absolute Gasteiger partial charge is 0.230 e. The van der Waals surface area contributed by atoms with E-state index in [-0.39, 0.29) is 11.7 Å². The van der Waals surface area contributed by atoms with Crippen LogP contribution in [0.15, 0.2) is 24.3 Å². The van der Waals surface area contributed by atoms with Gasteiger partial charge >= 0.3 is 0 Å². The second-order valence-corrected chi connectivity index (χ2v) is 8.56. The molecule has 3 heteroatoms. The second-order valence-electron chi connectivity index (χ2n) is 8.56. The molecule has 0 heterocycles. The molecule has 1 N–H and O–H groups in total. The molecule has 2 nitrogen and oxygen atoms in total. The molecular formula is C20H26FNO. The zero-order valence-corrected chi connectivity index (χ0v) is 14.0. The van der Waals surface area contributed by atoms with Crippen molar-refractivity contribution in [2.75, 3.05) is 0 Å². The van der Waals surface area contributed by atoms with Crippen molar-refractivity contribution in [2.45, 2.75) is 57.4 Å². The van der Waals surface area contributed by atoms with Gasteiger partial charge in [-0.3, -0.25) is 4.79 Å². The van der Waals surface area contributed by atoms with Crippen LogP contribution < -0.4 is 5.32 Å². The van der Waals surface area contributed by atoms with Crippen LogP contribution in [0.4, 0.5) is 4.39 Å². The van der Waals surface area contributed by atoms with Gasteiger partial charge in [-0.2, -0.15) is 0 Å². The van der Waals surface area contributed by atoms with Crippen LogP contribution in [0.2, 0.25) is 0 Å². The highest BCUT2D eigenvalue weighted by molar-refractivity contribution is 5.87. The van der Waals surface area contributed by atoms with Crippen LogP contribution in [-0.4, -0.2) is 11.9 Å². The first-order valence-electron chi connectivity index (χ1n) is 9.00. The average Bonchev–Trinajstić information content (AvgIpc) is 2.50. The molecule has 1 aromatic rings. The zero-order valence-electron chi connectivity index (χ0n) is 14.0. The lowest BCUT2D eigenvalue weighted by atomic mass is 9.54. The summed E-state index contributed by atoms with van der Waals surface area (Å²) in [5.41, 5.74) is 0.253. The minimum atomic E-state index is -0.623. The number of carbonyl (C=O) groups excluding carboxylic acids is 1. The average molecular weight is 315 g/mol. The highest BCUT2D eigenvalue weighted by Crippen LogP contribution is 2.53. The minimum absolute atomic E-state index is 0.0848. The summed E-state index contributed by atoms with van der Waals surface area (Å²) in [7, 11) is 0. The maximum atomic E-state index is 13.1. The van der Waals surface area contributed by atoms with E-state index in [0.717, 1.165) is 17.4 Å².